The molecular formula is C23H26FN3O2. The predicted molar refractivity (Wildman–Crippen MR) is 110 cm³/mol. The Hall–Kier alpha value is -2.73. The van der Waals surface area contributed by atoms with Gasteiger partial charge in [0, 0.05) is 12.0 Å². The van der Waals surface area contributed by atoms with Gasteiger partial charge in [0.05, 0.1) is 17.7 Å². The van der Waals surface area contributed by atoms with Crippen molar-refractivity contribution in [3.05, 3.63) is 65.0 Å². The van der Waals surface area contributed by atoms with Crippen LogP contribution in [0.2, 0.25) is 0 Å². The number of halogens is 1. The lowest BCUT2D eigenvalue weighted by Crippen LogP contribution is -2.30. The molecule has 0 bridgehead atoms. The molecule has 1 heterocycles. The van der Waals surface area contributed by atoms with Gasteiger partial charge in [-0.3, -0.25) is 9.59 Å². The molecule has 6 heteroatoms. The van der Waals surface area contributed by atoms with Gasteiger partial charge in [-0.2, -0.15) is 0 Å². The van der Waals surface area contributed by atoms with Crippen molar-refractivity contribution in [3.63, 3.8) is 0 Å². The van der Waals surface area contributed by atoms with E-state index in [0.29, 0.717) is 16.8 Å². The van der Waals surface area contributed by atoms with Crippen LogP contribution in [-0.4, -0.2) is 36.3 Å². The average Bonchev–Trinajstić information content (AvgIpc) is 3.29. The third kappa shape index (κ3) is 4.32. The van der Waals surface area contributed by atoms with E-state index >= 15 is 0 Å². The minimum absolute atomic E-state index is 0.0875. The molecule has 1 aliphatic carbocycles. The molecule has 29 heavy (non-hydrogen) atoms. The highest BCUT2D eigenvalue weighted by atomic mass is 19.1. The van der Waals surface area contributed by atoms with E-state index in [9.17, 15) is 14.0 Å². The summed E-state index contributed by atoms with van der Waals surface area (Å²) in [5.41, 5.74) is 7.78. The van der Waals surface area contributed by atoms with Gasteiger partial charge in [-0.25, -0.2) is 4.39 Å². The van der Waals surface area contributed by atoms with Gasteiger partial charge in [0.2, 0.25) is 5.91 Å². The number of nitrogens with one attached hydrogen (secondary N) is 1. The van der Waals surface area contributed by atoms with E-state index in [1.165, 1.54) is 18.9 Å². The number of amides is 2. The Morgan fingerprint density at radius 3 is 2.48 bits per heavy atom. The maximum absolute atomic E-state index is 13.8. The second-order valence-corrected chi connectivity index (χ2v) is 8.20. The molecule has 0 spiro atoms. The van der Waals surface area contributed by atoms with Gasteiger partial charge in [-0.15, -0.1) is 0 Å². The van der Waals surface area contributed by atoms with Crippen LogP contribution in [-0.2, 0) is 16.6 Å². The minimum Gasteiger partial charge on any atom is -0.366 e. The molecule has 4 rings (SSSR count). The molecule has 2 fully saturated rings. The van der Waals surface area contributed by atoms with Crippen LogP contribution in [0.4, 0.5) is 10.1 Å². The highest BCUT2D eigenvalue weighted by Gasteiger charge is 2.46. The van der Waals surface area contributed by atoms with Gasteiger partial charge in [-0.05, 0) is 68.1 Å². The maximum atomic E-state index is 13.8. The number of hydrogen-bond acceptors (Lipinski definition) is 3. The van der Waals surface area contributed by atoms with Gasteiger partial charge < -0.3 is 16.0 Å². The number of primary amides is 1. The van der Waals surface area contributed by atoms with Gasteiger partial charge in [0.1, 0.15) is 5.82 Å². The first-order valence-electron chi connectivity index (χ1n) is 10.2. The summed E-state index contributed by atoms with van der Waals surface area (Å²) in [7, 11) is 0. The molecule has 1 aliphatic heterocycles. The topological polar surface area (TPSA) is 75.4 Å². The Morgan fingerprint density at radius 1 is 1.10 bits per heavy atom. The van der Waals surface area contributed by atoms with Crippen LogP contribution in [0, 0.1) is 5.82 Å². The van der Waals surface area contributed by atoms with Crippen LogP contribution < -0.4 is 11.1 Å². The first-order chi connectivity index (χ1) is 14.0. The fourth-order valence-electron chi connectivity index (χ4n) is 4.25. The number of carbonyl (C=O) groups is 2. The molecule has 0 aromatic heterocycles. The van der Waals surface area contributed by atoms with Crippen molar-refractivity contribution in [2.75, 3.05) is 25.0 Å². The van der Waals surface area contributed by atoms with Crippen molar-refractivity contribution in [1.82, 2.24) is 4.90 Å². The van der Waals surface area contributed by atoms with Gasteiger partial charge in [0.15, 0.2) is 0 Å². The largest absolute Gasteiger partial charge is 0.366 e. The highest BCUT2D eigenvalue weighted by molar-refractivity contribution is 6.03. The number of benzene rings is 2. The quantitative estimate of drug-likeness (QED) is 0.756. The summed E-state index contributed by atoms with van der Waals surface area (Å²) in [6.07, 6.45) is 4.58. The summed E-state index contributed by atoms with van der Waals surface area (Å²) < 4.78 is 13.8. The number of rotatable bonds is 7. The molecule has 2 aliphatic rings. The fraction of sp³-hybridized carbons (Fsp3) is 0.391. The Bertz CT molecular complexity index is 933. The van der Waals surface area contributed by atoms with Crippen molar-refractivity contribution in [2.24, 2.45) is 5.73 Å². The van der Waals surface area contributed by atoms with Crippen molar-refractivity contribution >= 4 is 17.5 Å². The SMILES string of the molecule is NC(=O)c1cc(C2(CN3CCCC3)CC2)ccc1NC(=O)Cc1ccccc1F. The fourth-order valence-corrected chi connectivity index (χ4v) is 4.25. The molecule has 1 saturated heterocycles. The van der Waals surface area contributed by atoms with Crippen LogP contribution in [0.1, 0.15) is 47.2 Å². The zero-order chi connectivity index (χ0) is 20.4. The van der Waals surface area contributed by atoms with Crippen molar-refractivity contribution in [2.45, 2.75) is 37.5 Å². The lowest BCUT2D eigenvalue weighted by Gasteiger charge is -2.24. The molecule has 0 atom stereocenters. The van der Waals surface area contributed by atoms with Crippen LogP contribution >= 0.6 is 0 Å². The van der Waals surface area contributed by atoms with Crippen LogP contribution in [0.25, 0.3) is 0 Å². The molecule has 0 unspecified atom stereocenters. The molecule has 0 radical (unpaired) electrons. The number of carbonyl (C=O) groups excluding carboxylic acids is 2. The molecule has 152 valence electrons. The molecular weight excluding hydrogens is 369 g/mol. The smallest absolute Gasteiger partial charge is 0.250 e. The first kappa shape index (κ1) is 19.6. The summed E-state index contributed by atoms with van der Waals surface area (Å²) in [4.78, 5) is 26.9. The van der Waals surface area contributed by atoms with Crippen molar-refractivity contribution < 1.29 is 14.0 Å². The number of nitrogens with two attached hydrogens (primary N) is 1. The van der Waals surface area contributed by atoms with E-state index in [0.717, 1.165) is 38.0 Å². The summed E-state index contributed by atoms with van der Waals surface area (Å²) in [6.45, 7) is 3.27. The summed E-state index contributed by atoms with van der Waals surface area (Å²) >= 11 is 0. The van der Waals surface area contributed by atoms with E-state index in [1.54, 1.807) is 24.3 Å². The number of hydrogen-bond donors (Lipinski definition) is 2. The summed E-state index contributed by atoms with van der Waals surface area (Å²) in [5, 5.41) is 2.72. The molecule has 3 N–H and O–H groups in total. The zero-order valence-corrected chi connectivity index (χ0v) is 16.4. The predicted octanol–water partition coefficient (Wildman–Crippen LogP) is 3.23. The third-order valence-corrected chi connectivity index (χ3v) is 6.06. The van der Waals surface area contributed by atoms with Gasteiger partial charge in [0.25, 0.3) is 5.91 Å². The zero-order valence-electron chi connectivity index (χ0n) is 16.4. The second kappa shape index (κ2) is 7.95. The standard InChI is InChI=1S/C23H26FN3O2/c24-19-6-2-1-5-16(19)13-21(28)26-20-8-7-17(14-18(20)22(25)29)23(9-10-23)15-27-11-3-4-12-27/h1-2,5-8,14H,3-4,9-13,15H2,(H2,25,29)(H,26,28). The Balaban J connectivity index is 1.51. The second-order valence-electron chi connectivity index (χ2n) is 8.20. The maximum Gasteiger partial charge on any atom is 0.250 e. The summed E-state index contributed by atoms with van der Waals surface area (Å²) in [6, 6.07) is 11.7. The van der Waals surface area contributed by atoms with E-state index < -0.39 is 11.7 Å². The average molecular weight is 395 g/mol. The molecule has 5 nitrogen and oxygen atoms in total. The van der Waals surface area contributed by atoms with Crippen LogP contribution in [0.3, 0.4) is 0 Å². The van der Waals surface area contributed by atoms with Crippen LogP contribution in [0.15, 0.2) is 42.5 Å². The van der Waals surface area contributed by atoms with E-state index in [1.807, 2.05) is 12.1 Å². The Kier molecular flexibility index (Phi) is 5.37. The molecule has 2 amide bonds. The van der Waals surface area contributed by atoms with Gasteiger partial charge in [-0.1, -0.05) is 24.3 Å². The minimum atomic E-state index is -0.579. The first-order valence-corrected chi connectivity index (χ1v) is 10.2. The monoisotopic (exact) mass is 395 g/mol. The lowest BCUT2D eigenvalue weighted by molar-refractivity contribution is -0.115. The molecule has 2 aromatic carbocycles. The van der Waals surface area contributed by atoms with Gasteiger partial charge >= 0.3 is 0 Å². The van der Waals surface area contributed by atoms with E-state index in [4.69, 9.17) is 5.73 Å². The van der Waals surface area contributed by atoms with Crippen LogP contribution in [0.5, 0.6) is 0 Å². The Morgan fingerprint density at radius 2 is 1.83 bits per heavy atom. The van der Waals surface area contributed by atoms with Crippen molar-refractivity contribution in [3.8, 4) is 0 Å². The van der Waals surface area contributed by atoms with E-state index in [-0.39, 0.29) is 17.7 Å². The third-order valence-electron chi connectivity index (χ3n) is 6.06. The number of nitrogens with zero attached hydrogens (tertiary/aromatic N) is 1. The highest BCUT2D eigenvalue weighted by Crippen LogP contribution is 2.49. The molecule has 1 saturated carbocycles. The number of anilines is 1. The Labute approximate surface area is 170 Å². The molecule has 2 aromatic rings. The summed E-state index contributed by atoms with van der Waals surface area (Å²) in [5.74, 6) is -1.39. The van der Waals surface area contributed by atoms with Crippen molar-refractivity contribution in [1.29, 1.82) is 0 Å². The normalized spacial score (nSPS) is 17.8. The van der Waals surface area contributed by atoms with E-state index in [2.05, 4.69) is 10.2 Å². The lowest BCUT2D eigenvalue weighted by atomic mass is 9.92. The number of likely N-dealkylation sites (tertiary alicyclic amines) is 1.